The summed E-state index contributed by atoms with van der Waals surface area (Å²) < 4.78 is 5.18. The Morgan fingerprint density at radius 1 is 0.968 bits per heavy atom. The van der Waals surface area contributed by atoms with Crippen LogP contribution in [0.2, 0.25) is 0 Å². The molecule has 1 amide bonds. The summed E-state index contributed by atoms with van der Waals surface area (Å²) in [6.07, 6.45) is 3.33. The first-order chi connectivity index (χ1) is 15.0. The van der Waals surface area contributed by atoms with Gasteiger partial charge in [0, 0.05) is 11.8 Å². The summed E-state index contributed by atoms with van der Waals surface area (Å²) in [6, 6.07) is 21.2. The van der Waals surface area contributed by atoms with Crippen molar-refractivity contribution in [3.63, 3.8) is 0 Å². The molecule has 0 bridgehead atoms. The molecule has 0 radical (unpaired) electrons. The lowest BCUT2D eigenvalue weighted by Gasteiger charge is -2.04. The predicted molar refractivity (Wildman–Crippen MR) is 124 cm³/mol. The number of carbonyl (C=O) groups excluding carboxylic acids is 1. The highest BCUT2D eigenvalue weighted by molar-refractivity contribution is 6.02. The largest absolute Gasteiger partial charge is 0.497 e. The second kappa shape index (κ2) is 8.83. The van der Waals surface area contributed by atoms with Gasteiger partial charge in [-0.2, -0.15) is 4.80 Å². The number of benzene rings is 3. The average Bonchev–Trinajstić information content (AvgIpc) is 3.21. The van der Waals surface area contributed by atoms with Gasteiger partial charge in [0.25, 0.3) is 0 Å². The van der Waals surface area contributed by atoms with E-state index in [1.807, 2.05) is 54.6 Å². The Kier molecular flexibility index (Phi) is 5.80. The van der Waals surface area contributed by atoms with E-state index in [-0.39, 0.29) is 5.91 Å². The number of hydrogen-bond donors (Lipinski definition) is 1. The van der Waals surface area contributed by atoms with Crippen molar-refractivity contribution in [1.29, 1.82) is 0 Å². The summed E-state index contributed by atoms with van der Waals surface area (Å²) in [5, 5.41) is 11.9. The zero-order valence-electron chi connectivity index (χ0n) is 17.7. The molecular formula is C25H24N4O2. The van der Waals surface area contributed by atoms with E-state index in [1.54, 1.807) is 18.0 Å². The topological polar surface area (TPSA) is 69.0 Å². The highest BCUT2D eigenvalue weighted by Gasteiger charge is 2.07. The molecule has 1 heterocycles. The highest BCUT2D eigenvalue weighted by Crippen LogP contribution is 2.19. The smallest absolute Gasteiger partial charge is 0.248 e. The monoisotopic (exact) mass is 412 g/mol. The molecule has 0 saturated heterocycles. The Morgan fingerprint density at radius 2 is 1.68 bits per heavy atom. The van der Waals surface area contributed by atoms with Gasteiger partial charge in [-0.25, -0.2) is 0 Å². The van der Waals surface area contributed by atoms with Crippen molar-refractivity contribution in [2.24, 2.45) is 0 Å². The summed E-state index contributed by atoms with van der Waals surface area (Å²) in [4.78, 5) is 13.9. The fraction of sp³-hybridized carbons (Fsp3) is 0.160. The van der Waals surface area contributed by atoms with Gasteiger partial charge in [0.05, 0.1) is 12.8 Å². The number of nitrogens with zero attached hydrogens (tertiary/aromatic N) is 3. The number of hydrogen-bond acceptors (Lipinski definition) is 4. The van der Waals surface area contributed by atoms with E-state index in [0.29, 0.717) is 17.1 Å². The zero-order valence-corrected chi connectivity index (χ0v) is 17.7. The molecule has 156 valence electrons. The number of ether oxygens (including phenoxy) is 1. The fourth-order valence-corrected chi connectivity index (χ4v) is 3.17. The molecule has 0 unspecified atom stereocenters. The van der Waals surface area contributed by atoms with Gasteiger partial charge in [-0.3, -0.25) is 4.79 Å². The normalized spacial score (nSPS) is 11.4. The number of carbonyl (C=O) groups is 1. The molecule has 1 N–H and O–H groups in total. The quantitative estimate of drug-likeness (QED) is 0.442. The van der Waals surface area contributed by atoms with Gasteiger partial charge < -0.3 is 10.1 Å². The number of nitrogens with one attached hydrogen (secondary N) is 1. The highest BCUT2D eigenvalue weighted by atomic mass is 16.5. The van der Waals surface area contributed by atoms with Crippen LogP contribution in [-0.2, 0) is 4.79 Å². The van der Waals surface area contributed by atoms with Crippen molar-refractivity contribution in [2.45, 2.75) is 19.8 Å². The molecule has 0 aliphatic rings. The maximum Gasteiger partial charge on any atom is 0.248 e. The van der Waals surface area contributed by atoms with Crippen LogP contribution < -0.4 is 10.1 Å². The molecule has 0 fully saturated rings. The number of fused-ring (bicyclic) bond motifs is 1. The van der Waals surface area contributed by atoms with Gasteiger partial charge >= 0.3 is 0 Å². The molecule has 0 aliphatic carbocycles. The SMILES string of the molecule is COc1ccc(-n2nc3ccc(NC(=O)/C=C/c4ccc(C(C)C)cc4)cc3n2)cc1. The molecule has 4 rings (SSSR count). The van der Waals surface area contributed by atoms with E-state index >= 15 is 0 Å². The van der Waals surface area contributed by atoms with E-state index in [1.165, 1.54) is 11.6 Å². The number of anilines is 1. The van der Waals surface area contributed by atoms with Gasteiger partial charge in [-0.05, 0) is 65.6 Å². The third-order valence-corrected chi connectivity index (χ3v) is 4.98. The molecule has 0 atom stereocenters. The van der Waals surface area contributed by atoms with E-state index in [9.17, 15) is 4.79 Å². The summed E-state index contributed by atoms with van der Waals surface area (Å²) >= 11 is 0. The van der Waals surface area contributed by atoms with E-state index in [2.05, 4.69) is 41.5 Å². The van der Waals surface area contributed by atoms with Gasteiger partial charge in [0.1, 0.15) is 16.8 Å². The van der Waals surface area contributed by atoms with Crippen LogP contribution >= 0.6 is 0 Å². The van der Waals surface area contributed by atoms with Gasteiger partial charge in [-0.1, -0.05) is 38.1 Å². The van der Waals surface area contributed by atoms with Gasteiger partial charge in [0.15, 0.2) is 0 Å². The number of rotatable bonds is 6. The van der Waals surface area contributed by atoms with Crippen molar-refractivity contribution < 1.29 is 9.53 Å². The maximum atomic E-state index is 12.3. The fourth-order valence-electron chi connectivity index (χ4n) is 3.17. The minimum absolute atomic E-state index is 0.199. The van der Waals surface area contributed by atoms with Crippen LogP contribution in [0.5, 0.6) is 5.75 Å². The number of aromatic nitrogens is 3. The molecule has 6 nitrogen and oxygen atoms in total. The van der Waals surface area contributed by atoms with E-state index < -0.39 is 0 Å². The Hall–Kier alpha value is -3.93. The molecule has 6 heteroatoms. The van der Waals surface area contributed by atoms with Crippen molar-refractivity contribution in [3.05, 3.63) is 83.9 Å². The summed E-state index contributed by atoms with van der Waals surface area (Å²) in [5.41, 5.74) is 5.19. The molecule has 0 aliphatic heterocycles. The Bertz CT molecular complexity index is 1220. The summed E-state index contributed by atoms with van der Waals surface area (Å²) in [7, 11) is 1.63. The Labute approximate surface area is 181 Å². The van der Waals surface area contributed by atoms with Crippen LogP contribution in [0.15, 0.2) is 72.8 Å². The first-order valence-corrected chi connectivity index (χ1v) is 10.1. The molecule has 0 spiro atoms. The number of methoxy groups -OCH3 is 1. The van der Waals surface area contributed by atoms with Crippen molar-refractivity contribution in [1.82, 2.24) is 15.0 Å². The molecule has 1 aromatic heterocycles. The van der Waals surface area contributed by atoms with Crippen LogP contribution in [0.3, 0.4) is 0 Å². The second-order valence-corrected chi connectivity index (χ2v) is 7.53. The van der Waals surface area contributed by atoms with Crippen LogP contribution in [0.25, 0.3) is 22.8 Å². The summed E-state index contributed by atoms with van der Waals surface area (Å²) in [6.45, 7) is 4.31. The van der Waals surface area contributed by atoms with E-state index in [0.717, 1.165) is 22.5 Å². The van der Waals surface area contributed by atoms with Crippen molar-refractivity contribution in [3.8, 4) is 11.4 Å². The van der Waals surface area contributed by atoms with E-state index in [4.69, 9.17) is 4.74 Å². The van der Waals surface area contributed by atoms with Gasteiger partial charge in [0.2, 0.25) is 5.91 Å². The molecule has 0 saturated carbocycles. The van der Waals surface area contributed by atoms with Crippen LogP contribution in [0.4, 0.5) is 5.69 Å². The average molecular weight is 412 g/mol. The lowest BCUT2D eigenvalue weighted by atomic mass is 10.0. The van der Waals surface area contributed by atoms with Crippen LogP contribution in [0.1, 0.15) is 30.9 Å². The first-order valence-electron chi connectivity index (χ1n) is 10.1. The Balaban J connectivity index is 1.46. The molecule has 3 aromatic carbocycles. The molecule has 31 heavy (non-hydrogen) atoms. The summed E-state index contributed by atoms with van der Waals surface area (Å²) in [5.74, 6) is 1.06. The van der Waals surface area contributed by atoms with Crippen molar-refractivity contribution in [2.75, 3.05) is 12.4 Å². The third kappa shape index (κ3) is 4.80. The lowest BCUT2D eigenvalue weighted by molar-refractivity contribution is -0.111. The van der Waals surface area contributed by atoms with Crippen LogP contribution in [-0.4, -0.2) is 28.0 Å². The molecule has 4 aromatic rings. The minimum atomic E-state index is -0.199. The van der Waals surface area contributed by atoms with Crippen LogP contribution in [0, 0.1) is 0 Å². The third-order valence-electron chi connectivity index (χ3n) is 4.98. The zero-order chi connectivity index (χ0) is 21.8. The minimum Gasteiger partial charge on any atom is -0.497 e. The Morgan fingerprint density at radius 3 is 2.35 bits per heavy atom. The van der Waals surface area contributed by atoms with Gasteiger partial charge in [-0.15, -0.1) is 10.2 Å². The second-order valence-electron chi connectivity index (χ2n) is 7.53. The molecular weight excluding hydrogens is 388 g/mol. The first kappa shape index (κ1) is 20.3. The lowest BCUT2D eigenvalue weighted by Crippen LogP contribution is -2.07. The maximum absolute atomic E-state index is 12.3. The van der Waals surface area contributed by atoms with Crippen molar-refractivity contribution >= 4 is 28.7 Å². The predicted octanol–water partition coefficient (Wildman–Crippen LogP) is 5.20. The number of amides is 1. The standard InChI is InChI=1S/C25H24N4O2/c1-17(2)19-7-4-18(5-8-19)6-15-25(30)26-20-9-14-23-24(16-20)28-29(27-23)21-10-12-22(31-3)13-11-21/h4-17H,1-3H3,(H,26,30)/b15-6+.